The third kappa shape index (κ3) is 2.85. The molecule has 0 saturated heterocycles. The van der Waals surface area contributed by atoms with E-state index in [2.05, 4.69) is 9.97 Å². The Morgan fingerprint density at radius 3 is 2.67 bits per heavy atom. The van der Waals surface area contributed by atoms with E-state index < -0.39 is 0 Å². The molecule has 2 heterocycles. The lowest BCUT2D eigenvalue weighted by Gasteiger charge is -2.10. The highest BCUT2D eigenvalue weighted by Gasteiger charge is 2.07. The van der Waals surface area contributed by atoms with Crippen LogP contribution >= 0.6 is 0 Å². The number of fused-ring (bicyclic) bond motifs is 1. The standard InChI is InChI=1S/C17H17N3O/c1-11-6-7-14-4-3-5-15(17(14)20-11)21-16-9-13(10-18)8-12(2)19-16/h3-9H,10,18H2,1-2H3. The third-order valence-electron chi connectivity index (χ3n) is 3.26. The summed E-state index contributed by atoms with van der Waals surface area (Å²) in [6.07, 6.45) is 0. The molecule has 3 aromatic rings. The number of hydrogen-bond donors (Lipinski definition) is 1. The molecule has 3 rings (SSSR count). The van der Waals surface area contributed by atoms with Crippen LogP contribution in [0, 0.1) is 13.8 Å². The van der Waals surface area contributed by atoms with Gasteiger partial charge in [0.05, 0.1) is 0 Å². The minimum Gasteiger partial charge on any atom is -0.437 e. The molecule has 4 nitrogen and oxygen atoms in total. The van der Waals surface area contributed by atoms with E-state index >= 15 is 0 Å². The average molecular weight is 279 g/mol. The van der Waals surface area contributed by atoms with Gasteiger partial charge in [-0.15, -0.1) is 0 Å². The second-order valence-electron chi connectivity index (χ2n) is 5.04. The average Bonchev–Trinajstić information content (AvgIpc) is 2.47. The largest absolute Gasteiger partial charge is 0.437 e. The number of pyridine rings is 2. The number of benzene rings is 1. The van der Waals surface area contributed by atoms with Gasteiger partial charge in [0.1, 0.15) is 5.52 Å². The number of nitrogens with two attached hydrogens (primary N) is 1. The van der Waals surface area contributed by atoms with Gasteiger partial charge in [-0.3, -0.25) is 0 Å². The molecule has 4 heteroatoms. The van der Waals surface area contributed by atoms with Crippen molar-refractivity contribution in [3.8, 4) is 11.6 Å². The van der Waals surface area contributed by atoms with Crippen molar-refractivity contribution in [3.63, 3.8) is 0 Å². The van der Waals surface area contributed by atoms with E-state index in [4.69, 9.17) is 10.5 Å². The third-order valence-corrected chi connectivity index (χ3v) is 3.26. The normalized spacial score (nSPS) is 10.8. The quantitative estimate of drug-likeness (QED) is 0.797. The maximum atomic E-state index is 5.94. The molecule has 0 radical (unpaired) electrons. The van der Waals surface area contributed by atoms with E-state index in [0.717, 1.165) is 27.9 Å². The lowest BCUT2D eigenvalue weighted by atomic mass is 10.2. The molecule has 0 spiro atoms. The summed E-state index contributed by atoms with van der Waals surface area (Å²) in [4.78, 5) is 8.96. The Morgan fingerprint density at radius 1 is 1.00 bits per heavy atom. The minimum absolute atomic E-state index is 0.465. The van der Waals surface area contributed by atoms with Crippen LogP contribution in [0.2, 0.25) is 0 Å². The summed E-state index contributed by atoms with van der Waals surface area (Å²) < 4.78 is 5.94. The Bertz CT molecular complexity index is 799. The van der Waals surface area contributed by atoms with Crippen LogP contribution in [0.15, 0.2) is 42.5 Å². The van der Waals surface area contributed by atoms with E-state index in [-0.39, 0.29) is 0 Å². The molecule has 0 atom stereocenters. The first kappa shape index (κ1) is 13.5. The van der Waals surface area contributed by atoms with Gasteiger partial charge in [-0.25, -0.2) is 9.97 Å². The Labute approximate surface area is 123 Å². The highest BCUT2D eigenvalue weighted by Crippen LogP contribution is 2.28. The molecule has 21 heavy (non-hydrogen) atoms. The number of aromatic nitrogens is 2. The Morgan fingerprint density at radius 2 is 1.86 bits per heavy atom. The summed E-state index contributed by atoms with van der Waals surface area (Å²) in [7, 11) is 0. The van der Waals surface area contributed by atoms with Crippen LogP contribution in [-0.2, 0) is 6.54 Å². The van der Waals surface area contributed by atoms with E-state index in [1.54, 1.807) is 0 Å². The van der Waals surface area contributed by atoms with Gasteiger partial charge < -0.3 is 10.5 Å². The number of aryl methyl sites for hydroxylation is 2. The molecule has 0 amide bonds. The summed E-state index contributed by atoms with van der Waals surface area (Å²) in [5, 5.41) is 1.05. The summed E-state index contributed by atoms with van der Waals surface area (Å²) in [5.74, 6) is 1.25. The van der Waals surface area contributed by atoms with Gasteiger partial charge in [0.15, 0.2) is 5.75 Å². The van der Waals surface area contributed by atoms with Crippen LogP contribution in [-0.4, -0.2) is 9.97 Å². The molecule has 0 aliphatic carbocycles. The van der Waals surface area contributed by atoms with Crippen LogP contribution in [0.1, 0.15) is 17.0 Å². The minimum atomic E-state index is 0.465. The first-order valence-corrected chi connectivity index (χ1v) is 6.87. The first-order valence-electron chi connectivity index (χ1n) is 6.87. The molecular formula is C17H17N3O. The molecule has 0 unspecified atom stereocenters. The lowest BCUT2D eigenvalue weighted by molar-refractivity contribution is 0.465. The van der Waals surface area contributed by atoms with Gasteiger partial charge in [-0.2, -0.15) is 0 Å². The zero-order valence-electron chi connectivity index (χ0n) is 12.1. The molecule has 0 aliphatic rings. The maximum absolute atomic E-state index is 5.94. The van der Waals surface area contributed by atoms with Crippen molar-refractivity contribution < 1.29 is 4.74 Å². The zero-order chi connectivity index (χ0) is 14.8. The van der Waals surface area contributed by atoms with Crippen LogP contribution in [0.4, 0.5) is 0 Å². The Balaban J connectivity index is 2.05. The monoisotopic (exact) mass is 279 g/mol. The molecule has 2 aromatic heterocycles. The van der Waals surface area contributed by atoms with Crippen molar-refractivity contribution in [2.24, 2.45) is 5.73 Å². The molecular weight excluding hydrogens is 262 g/mol. The maximum Gasteiger partial charge on any atom is 0.219 e. The highest BCUT2D eigenvalue weighted by atomic mass is 16.5. The summed E-state index contributed by atoms with van der Waals surface area (Å²) in [6.45, 7) is 4.36. The molecule has 1 aromatic carbocycles. The Hall–Kier alpha value is -2.46. The van der Waals surface area contributed by atoms with Crippen molar-refractivity contribution in [1.82, 2.24) is 9.97 Å². The first-order chi connectivity index (χ1) is 10.2. The van der Waals surface area contributed by atoms with Crippen LogP contribution in [0.3, 0.4) is 0 Å². The van der Waals surface area contributed by atoms with Crippen LogP contribution < -0.4 is 10.5 Å². The lowest BCUT2D eigenvalue weighted by Crippen LogP contribution is -1.99. The summed E-state index contributed by atoms with van der Waals surface area (Å²) in [5.41, 5.74) is 9.38. The van der Waals surface area contributed by atoms with Crippen molar-refractivity contribution in [1.29, 1.82) is 0 Å². The highest BCUT2D eigenvalue weighted by molar-refractivity contribution is 5.84. The number of nitrogens with zero attached hydrogens (tertiary/aromatic N) is 2. The smallest absolute Gasteiger partial charge is 0.219 e. The Kier molecular flexibility index (Phi) is 3.54. The molecule has 106 valence electrons. The topological polar surface area (TPSA) is 61.0 Å². The van der Waals surface area contributed by atoms with Gasteiger partial charge in [0, 0.05) is 29.4 Å². The van der Waals surface area contributed by atoms with Crippen molar-refractivity contribution in [2.45, 2.75) is 20.4 Å². The molecule has 0 saturated carbocycles. The van der Waals surface area contributed by atoms with Crippen molar-refractivity contribution in [3.05, 3.63) is 59.4 Å². The molecule has 2 N–H and O–H groups in total. The molecule has 0 bridgehead atoms. The van der Waals surface area contributed by atoms with Crippen LogP contribution in [0.5, 0.6) is 11.6 Å². The molecule has 0 aliphatic heterocycles. The van der Waals surface area contributed by atoms with E-state index in [1.807, 2.05) is 56.3 Å². The van der Waals surface area contributed by atoms with Gasteiger partial charge >= 0.3 is 0 Å². The summed E-state index contributed by atoms with van der Waals surface area (Å²) >= 11 is 0. The molecule has 0 fully saturated rings. The van der Waals surface area contributed by atoms with Gasteiger partial charge in [0.25, 0.3) is 0 Å². The van der Waals surface area contributed by atoms with E-state index in [0.29, 0.717) is 18.2 Å². The fourth-order valence-corrected chi connectivity index (χ4v) is 2.29. The van der Waals surface area contributed by atoms with Gasteiger partial charge in [-0.1, -0.05) is 18.2 Å². The van der Waals surface area contributed by atoms with Gasteiger partial charge in [0.2, 0.25) is 5.88 Å². The van der Waals surface area contributed by atoms with E-state index in [1.165, 1.54) is 0 Å². The fourth-order valence-electron chi connectivity index (χ4n) is 2.29. The second-order valence-corrected chi connectivity index (χ2v) is 5.04. The number of hydrogen-bond acceptors (Lipinski definition) is 4. The fraction of sp³-hybridized carbons (Fsp3) is 0.176. The van der Waals surface area contributed by atoms with Crippen molar-refractivity contribution >= 4 is 10.9 Å². The van der Waals surface area contributed by atoms with Crippen LogP contribution in [0.25, 0.3) is 10.9 Å². The predicted octanol–water partition coefficient (Wildman–Crippen LogP) is 3.50. The predicted molar refractivity (Wildman–Crippen MR) is 83.4 cm³/mol. The van der Waals surface area contributed by atoms with Gasteiger partial charge in [-0.05, 0) is 37.6 Å². The van der Waals surface area contributed by atoms with E-state index in [9.17, 15) is 0 Å². The number of rotatable bonds is 3. The number of ether oxygens (including phenoxy) is 1. The summed E-state index contributed by atoms with van der Waals surface area (Å²) in [6, 6.07) is 13.7. The SMILES string of the molecule is Cc1cc(CN)cc(Oc2cccc3ccc(C)nc23)n1. The second kappa shape index (κ2) is 5.50. The number of para-hydroxylation sites is 1. The van der Waals surface area contributed by atoms with Crippen molar-refractivity contribution in [2.75, 3.05) is 0 Å². The zero-order valence-corrected chi connectivity index (χ0v) is 12.1.